The molecule has 0 amide bonds. The van der Waals surface area contributed by atoms with E-state index in [1.807, 2.05) is 0 Å². The van der Waals surface area contributed by atoms with Crippen LogP contribution in [0.5, 0.6) is 0 Å². The average Bonchev–Trinajstić information content (AvgIpc) is 2.16. The smallest absolute Gasteiger partial charge is 0.545 e. The van der Waals surface area contributed by atoms with Crippen molar-refractivity contribution in [3.8, 4) is 0 Å². The molecule has 78 valence electrons. The molecule has 0 bridgehead atoms. The summed E-state index contributed by atoms with van der Waals surface area (Å²) in [5.74, 6) is 0. The molecule has 6 heteroatoms. The minimum Gasteiger partial charge on any atom is -0.545 e. The molecule has 13 heavy (non-hydrogen) atoms. The van der Waals surface area contributed by atoms with Crippen LogP contribution in [0.4, 0.5) is 0 Å². The molecule has 0 aromatic rings. The molecule has 0 heterocycles. The third-order valence-electron chi connectivity index (χ3n) is 0. The molecule has 0 fully saturated rings. The molecule has 0 aromatic heterocycles. The van der Waals surface area contributed by atoms with E-state index in [1.54, 1.807) is 0 Å². The molecule has 0 unspecified atom stereocenters. The maximum Gasteiger partial charge on any atom is 4.00 e. The molecule has 0 atom stereocenters. The van der Waals surface area contributed by atoms with Crippen LogP contribution in [0.15, 0.2) is 0 Å². The van der Waals surface area contributed by atoms with Gasteiger partial charge in [-0.05, 0) is 7.92 Å². The van der Waals surface area contributed by atoms with E-state index in [0.29, 0.717) is 0 Å². The molecular weight excluding hydrogens is 235 g/mol. The third-order valence-corrected chi connectivity index (χ3v) is 0. The fourth-order valence-electron chi connectivity index (χ4n) is 0. The van der Waals surface area contributed by atoms with Gasteiger partial charge in [0, 0.05) is 20.0 Å². The van der Waals surface area contributed by atoms with Gasteiger partial charge in [-0.1, -0.05) is 0 Å². The van der Waals surface area contributed by atoms with Crippen LogP contribution >= 0.6 is 7.92 Å². The summed E-state index contributed by atoms with van der Waals surface area (Å²) in [4.78, 5) is 31.0. The van der Waals surface area contributed by atoms with Crippen LogP contribution in [-0.4, -0.2) is 47.2 Å². The summed E-state index contributed by atoms with van der Waals surface area (Å²) >= 11 is 0. The summed E-state index contributed by atoms with van der Waals surface area (Å²) in [5, 5.41) is 0. The van der Waals surface area contributed by atoms with Gasteiger partial charge in [0.1, 0.15) is 0 Å². The quantitative estimate of drug-likeness (QED) is 0.262. The predicted molar refractivity (Wildman–Crippen MR) is 53.1 cm³/mol. The van der Waals surface area contributed by atoms with Crippen LogP contribution in [0.1, 0.15) is 0 Å². The van der Waals surface area contributed by atoms with Gasteiger partial charge in [-0.2, -0.15) is 0 Å². The fraction of sp³-hybridized carbons (Fsp3) is 0.429. The first kappa shape index (κ1) is 38.9. The second-order valence-corrected chi connectivity index (χ2v) is 4.50. The van der Waals surface area contributed by atoms with Crippen molar-refractivity contribution >= 4 is 35.1 Å². The van der Waals surface area contributed by atoms with E-state index < -0.39 is 0 Å². The summed E-state index contributed by atoms with van der Waals surface area (Å²) in [5.41, 5.74) is 0. The van der Waals surface area contributed by atoms with Crippen molar-refractivity contribution in [3.05, 3.63) is 0 Å². The van der Waals surface area contributed by atoms with Gasteiger partial charge in [-0.3, -0.25) is 27.2 Å². The number of carbonyl (C=O) groups excluding carboxylic acids is 4. The molecule has 0 rings (SSSR count). The average molecular weight is 249 g/mol. The van der Waals surface area contributed by atoms with E-state index in [2.05, 4.69) is 47.2 Å². The standard InChI is InChI=1S/C3H9P.4CHO.Fe/c1-4(2)3;4*1-2;/h1-3H3;4*1H;/q;4*-1;+4/p+1. The van der Waals surface area contributed by atoms with Crippen LogP contribution < -0.4 is 0 Å². The Morgan fingerprint density at radius 1 is 0.615 bits per heavy atom. The van der Waals surface area contributed by atoms with Crippen molar-refractivity contribution in [1.29, 1.82) is 0 Å². The van der Waals surface area contributed by atoms with Gasteiger partial charge in [0.05, 0.1) is 0 Å². The molecule has 0 spiro atoms. The first-order chi connectivity index (χ1) is 5.73. The van der Waals surface area contributed by atoms with E-state index in [0.717, 1.165) is 0 Å². The Hall–Kier alpha value is -0.371. The molecule has 0 aromatic carbocycles. The first-order valence-corrected chi connectivity index (χ1v) is 5.44. The maximum absolute atomic E-state index is 7.75. The van der Waals surface area contributed by atoms with E-state index in [9.17, 15) is 0 Å². The van der Waals surface area contributed by atoms with Crippen molar-refractivity contribution in [1.82, 2.24) is 0 Å². The van der Waals surface area contributed by atoms with Crippen LogP contribution in [0.2, 0.25) is 0 Å². The summed E-state index contributed by atoms with van der Waals surface area (Å²) in [6.07, 6.45) is 0. The second kappa shape index (κ2) is 190. The number of hydrogen-bond donors (Lipinski definition) is 0. The monoisotopic (exact) mass is 249 g/mol. The van der Waals surface area contributed by atoms with Crippen molar-refractivity contribution < 1.29 is 36.2 Å². The minimum absolute atomic E-state index is 0. The van der Waals surface area contributed by atoms with Gasteiger partial charge in [-0.15, -0.1) is 0 Å². The normalized spacial score (nSPS) is 4.00. The van der Waals surface area contributed by atoms with Crippen molar-refractivity contribution in [3.63, 3.8) is 0 Å². The summed E-state index contributed by atoms with van der Waals surface area (Å²) < 4.78 is 0. The summed E-state index contributed by atoms with van der Waals surface area (Å²) in [6.45, 7) is 19.8. The molecule has 0 saturated heterocycles. The largest absolute Gasteiger partial charge is 4.00 e. The van der Waals surface area contributed by atoms with Gasteiger partial charge >= 0.3 is 17.1 Å². The molecule has 0 N–H and O–H groups in total. The first-order valence-electron chi connectivity index (χ1n) is 2.44. The Balaban J connectivity index is -0.0000000122. The number of rotatable bonds is 0. The Morgan fingerprint density at radius 3 is 0.615 bits per heavy atom. The molecule has 0 aliphatic heterocycles. The van der Waals surface area contributed by atoms with E-state index in [-0.39, 0.29) is 25.0 Å². The molecule has 0 aliphatic rings. The van der Waals surface area contributed by atoms with E-state index in [1.165, 1.54) is 0 Å². The Bertz CT molecular complexity index is 47.0. The molecule has 0 radical (unpaired) electrons. The summed E-state index contributed by atoms with van der Waals surface area (Å²) in [6, 6.07) is 0. The van der Waals surface area contributed by atoms with Gasteiger partial charge in [0.25, 0.3) is 0 Å². The second-order valence-electron chi connectivity index (χ2n) is 1.50. The Kier molecular flexibility index (Phi) is 568. The van der Waals surface area contributed by atoms with Crippen LogP contribution in [-0.2, 0) is 36.2 Å². The van der Waals surface area contributed by atoms with Crippen molar-refractivity contribution in [2.45, 2.75) is 0 Å². The van der Waals surface area contributed by atoms with Gasteiger partial charge in [-0.25, -0.2) is 0 Å². The minimum atomic E-state index is 0. The van der Waals surface area contributed by atoms with Crippen molar-refractivity contribution in [2.24, 2.45) is 0 Å². The van der Waals surface area contributed by atoms with Gasteiger partial charge in [0.2, 0.25) is 0 Å². The topological polar surface area (TPSA) is 68.3 Å². The molecule has 0 saturated carbocycles. The van der Waals surface area contributed by atoms with Crippen LogP contribution in [0.25, 0.3) is 0 Å². The van der Waals surface area contributed by atoms with Crippen molar-refractivity contribution in [2.75, 3.05) is 20.0 Å². The third kappa shape index (κ3) is 7850. The SMILES string of the molecule is C[PH+](C)C.[CH-]=O.[CH-]=O.[CH-]=O.[CH-]=O.[Fe+4]. The van der Waals surface area contributed by atoms with Crippen LogP contribution in [0.3, 0.4) is 0 Å². The zero-order chi connectivity index (χ0) is 11.6. The maximum atomic E-state index is 7.75. The van der Waals surface area contributed by atoms with Gasteiger partial charge in [0.15, 0.2) is 0 Å². The predicted octanol–water partition coefficient (Wildman–Crippen LogP) is -0.00890. The van der Waals surface area contributed by atoms with Gasteiger partial charge < -0.3 is 19.2 Å². The van der Waals surface area contributed by atoms with Crippen LogP contribution in [0, 0.1) is 0 Å². The zero-order valence-corrected chi connectivity index (χ0v) is 9.90. The van der Waals surface area contributed by atoms with E-state index >= 15 is 0 Å². The fourth-order valence-corrected chi connectivity index (χ4v) is 0. The van der Waals surface area contributed by atoms with E-state index in [4.69, 9.17) is 19.2 Å². The number of hydrogen-bond acceptors (Lipinski definition) is 4. The Labute approximate surface area is 91.7 Å². The molecular formula is C7H14FeO4P+. The zero-order valence-electron chi connectivity index (χ0n) is 7.80. The Morgan fingerprint density at radius 2 is 0.615 bits per heavy atom. The molecule has 4 nitrogen and oxygen atoms in total. The summed E-state index contributed by atoms with van der Waals surface area (Å²) in [7, 11) is 0.120. The molecule has 0 aliphatic carbocycles.